The molecule has 92 valence electrons. The molecule has 3 N–H and O–H groups in total. The summed E-state index contributed by atoms with van der Waals surface area (Å²) in [7, 11) is 1.68. The highest BCUT2D eigenvalue weighted by atomic mass is 16.5. The Morgan fingerprint density at radius 3 is 2.88 bits per heavy atom. The van der Waals surface area contributed by atoms with E-state index in [1.807, 2.05) is 4.68 Å². The Kier molecular flexibility index (Phi) is 5.37. The molecule has 0 aromatic carbocycles. The van der Waals surface area contributed by atoms with E-state index >= 15 is 0 Å². The van der Waals surface area contributed by atoms with Crippen LogP contribution in [0.3, 0.4) is 0 Å². The standard InChI is InChI=1S/C10H21N5O/c1-8(2)15-10(12-7-13-15)6-9(14-11)4-5-16-3/h7-9,14H,4-6,11H2,1-3H3. The van der Waals surface area contributed by atoms with Crippen molar-refractivity contribution in [2.45, 2.75) is 38.8 Å². The first kappa shape index (κ1) is 13.1. The molecule has 0 fully saturated rings. The first-order valence-corrected chi connectivity index (χ1v) is 5.52. The lowest BCUT2D eigenvalue weighted by molar-refractivity contribution is 0.182. The maximum Gasteiger partial charge on any atom is 0.138 e. The number of hydrogen-bond donors (Lipinski definition) is 2. The highest BCUT2D eigenvalue weighted by molar-refractivity contribution is 4.90. The molecule has 0 radical (unpaired) electrons. The largest absolute Gasteiger partial charge is 0.385 e. The van der Waals surface area contributed by atoms with Gasteiger partial charge in [0.2, 0.25) is 0 Å². The summed E-state index contributed by atoms with van der Waals surface area (Å²) in [6.07, 6.45) is 3.20. The van der Waals surface area contributed by atoms with E-state index < -0.39 is 0 Å². The van der Waals surface area contributed by atoms with Crippen molar-refractivity contribution in [3.05, 3.63) is 12.2 Å². The van der Waals surface area contributed by atoms with Gasteiger partial charge in [-0.2, -0.15) is 5.10 Å². The van der Waals surface area contributed by atoms with Crippen molar-refractivity contribution < 1.29 is 4.74 Å². The molecule has 1 atom stereocenters. The van der Waals surface area contributed by atoms with Gasteiger partial charge in [-0.25, -0.2) is 9.67 Å². The van der Waals surface area contributed by atoms with Gasteiger partial charge in [-0.3, -0.25) is 11.3 Å². The van der Waals surface area contributed by atoms with Crippen LogP contribution in [0.1, 0.15) is 32.1 Å². The van der Waals surface area contributed by atoms with E-state index in [-0.39, 0.29) is 6.04 Å². The van der Waals surface area contributed by atoms with E-state index in [9.17, 15) is 0 Å². The Labute approximate surface area is 96.2 Å². The van der Waals surface area contributed by atoms with E-state index in [0.29, 0.717) is 12.6 Å². The van der Waals surface area contributed by atoms with Gasteiger partial charge in [0.25, 0.3) is 0 Å². The number of ether oxygens (including phenoxy) is 1. The molecule has 0 spiro atoms. The van der Waals surface area contributed by atoms with E-state index in [2.05, 4.69) is 29.4 Å². The topological polar surface area (TPSA) is 78.0 Å². The Hall–Kier alpha value is -0.980. The molecular formula is C10H21N5O. The lowest BCUT2D eigenvalue weighted by Gasteiger charge is -2.16. The monoisotopic (exact) mass is 227 g/mol. The molecule has 1 aromatic heterocycles. The Morgan fingerprint density at radius 1 is 1.56 bits per heavy atom. The molecule has 6 heteroatoms. The molecule has 0 aliphatic heterocycles. The molecule has 0 amide bonds. The van der Waals surface area contributed by atoms with Crippen LogP contribution in [-0.4, -0.2) is 34.5 Å². The molecule has 6 nitrogen and oxygen atoms in total. The van der Waals surface area contributed by atoms with Gasteiger partial charge < -0.3 is 4.74 Å². The summed E-state index contributed by atoms with van der Waals surface area (Å²) in [5, 5.41) is 4.19. The first-order valence-electron chi connectivity index (χ1n) is 5.52. The average molecular weight is 227 g/mol. The van der Waals surface area contributed by atoms with Crippen LogP contribution < -0.4 is 11.3 Å². The van der Waals surface area contributed by atoms with Crippen molar-refractivity contribution in [3.8, 4) is 0 Å². The second kappa shape index (κ2) is 6.57. The Morgan fingerprint density at radius 2 is 2.31 bits per heavy atom. The minimum atomic E-state index is 0.168. The van der Waals surface area contributed by atoms with Crippen LogP contribution in [0.5, 0.6) is 0 Å². The average Bonchev–Trinajstić information content (AvgIpc) is 2.72. The van der Waals surface area contributed by atoms with Crippen LogP contribution in [0.4, 0.5) is 0 Å². The fraction of sp³-hybridized carbons (Fsp3) is 0.800. The number of rotatable bonds is 7. The Balaban J connectivity index is 2.59. The molecule has 1 heterocycles. The third-order valence-corrected chi connectivity index (χ3v) is 2.47. The summed E-state index contributed by atoms with van der Waals surface area (Å²) in [4.78, 5) is 4.25. The number of hydrazine groups is 1. The minimum Gasteiger partial charge on any atom is -0.385 e. The van der Waals surface area contributed by atoms with Crippen molar-refractivity contribution >= 4 is 0 Å². The van der Waals surface area contributed by atoms with Gasteiger partial charge in [0.05, 0.1) is 0 Å². The third-order valence-electron chi connectivity index (χ3n) is 2.47. The van der Waals surface area contributed by atoms with Crippen LogP contribution in [0.2, 0.25) is 0 Å². The van der Waals surface area contributed by atoms with Gasteiger partial charge in [-0.05, 0) is 20.3 Å². The fourth-order valence-electron chi connectivity index (χ4n) is 1.58. The van der Waals surface area contributed by atoms with Gasteiger partial charge in [0.1, 0.15) is 12.2 Å². The molecule has 0 aliphatic rings. The zero-order valence-electron chi connectivity index (χ0n) is 10.2. The van der Waals surface area contributed by atoms with Crippen LogP contribution in [0, 0.1) is 0 Å². The summed E-state index contributed by atoms with van der Waals surface area (Å²) in [6, 6.07) is 0.486. The first-order chi connectivity index (χ1) is 7.69. The molecule has 0 saturated heterocycles. The summed E-state index contributed by atoms with van der Waals surface area (Å²) in [5.41, 5.74) is 2.78. The number of aromatic nitrogens is 3. The van der Waals surface area contributed by atoms with Crippen molar-refractivity contribution in [1.82, 2.24) is 20.2 Å². The van der Waals surface area contributed by atoms with Gasteiger partial charge in [-0.1, -0.05) is 0 Å². The summed E-state index contributed by atoms with van der Waals surface area (Å²) in [6.45, 7) is 4.85. The number of methoxy groups -OCH3 is 1. The lowest BCUT2D eigenvalue weighted by atomic mass is 10.1. The SMILES string of the molecule is COCCC(Cc1ncnn1C(C)C)NN. The molecule has 1 unspecified atom stereocenters. The number of nitrogens with one attached hydrogen (secondary N) is 1. The molecule has 1 rings (SSSR count). The molecule has 1 aromatic rings. The van der Waals surface area contributed by atoms with Gasteiger partial charge in [0, 0.05) is 32.2 Å². The fourth-order valence-corrected chi connectivity index (χ4v) is 1.58. The van der Waals surface area contributed by atoms with Crippen LogP contribution in [0.25, 0.3) is 0 Å². The maximum absolute atomic E-state index is 5.49. The molecule has 0 aliphatic carbocycles. The maximum atomic E-state index is 5.49. The zero-order chi connectivity index (χ0) is 12.0. The number of nitrogens with zero attached hydrogens (tertiary/aromatic N) is 3. The smallest absolute Gasteiger partial charge is 0.138 e. The van der Waals surface area contributed by atoms with Crippen molar-refractivity contribution in [2.24, 2.45) is 5.84 Å². The molecular weight excluding hydrogens is 206 g/mol. The highest BCUT2D eigenvalue weighted by Gasteiger charge is 2.13. The van der Waals surface area contributed by atoms with Crippen molar-refractivity contribution in [1.29, 1.82) is 0 Å². The van der Waals surface area contributed by atoms with E-state index in [4.69, 9.17) is 10.6 Å². The summed E-state index contributed by atoms with van der Waals surface area (Å²) < 4.78 is 6.95. The number of hydrogen-bond acceptors (Lipinski definition) is 5. The normalized spacial score (nSPS) is 13.3. The number of nitrogens with two attached hydrogens (primary N) is 1. The zero-order valence-corrected chi connectivity index (χ0v) is 10.2. The predicted octanol–water partition coefficient (Wildman–Crippen LogP) is 0.270. The van der Waals surface area contributed by atoms with Gasteiger partial charge in [0.15, 0.2) is 0 Å². The van der Waals surface area contributed by atoms with E-state index in [0.717, 1.165) is 18.7 Å². The minimum absolute atomic E-state index is 0.168. The van der Waals surface area contributed by atoms with Crippen LogP contribution >= 0.6 is 0 Å². The molecule has 16 heavy (non-hydrogen) atoms. The second-order valence-corrected chi connectivity index (χ2v) is 4.06. The quantitative estimate of drug-likeness (QED) is 0.516. The van der Waals surface area contributed by atoms with Crippen molar-refractivity contribution in [2.75, 3.05) is 13.7 Å². The van der Waals surface area contributed by atoms with Crippen LogP contribution in [0.15, 0.2) is 6.33 Å². The third kappa shape index (κ3) is 3.55. The summed E-state index contributed by atoms with van der Waals surface area (Å²) in [5.74, 6) is 6.45. The van der Waals surface area contributed by atoms with Gasteiger partial charge >= 0.3 is 0 Å². The van der Waals surface area contributed by atoms with Gasteiger partial charge in [-0.15, -0.1) is 0 Å². The summed E-state index contributed by atoms with van der Waals surface area (Å²) >= 11 is 0. The second-order valence-electron chi connectivity index (χ2n) is 4.06. The lowest BCUT2D eigenvalue weighted by Crippen LogP contribution is -2.38. The van der Waals surface area contributed by atoms with Crippen LogP contribution in [-0.2, 0) is 11.2 Å². The molecule has 0 saturated carbocycles. The van der Waals surface area contributed by atoms with E-state index in [1.54, 1.807) is 13.4 Å². The van der Waals surface area contributed by atoms with E-state index in [1.165, 1.54) is 0 Å². The molecule has 0 bridgehead atoms. The highest BCUT2D eigenvalue weighted by Crippen LogP contribution is 2.08. The Bertz CT molecular complexity index is 299. The predicted molar refractivity (Wildman–Crippen MR) is 61.7 cm³/mol. The van der Waals surface area contributed by atoms with Crippen molar-refractivity contribution in [3.63, 3.8) is 0 Å².